The molecule has 106 valence electrons. The third-order valence-electron chi connectivity index (χ3n) is 3.63. The standard InChI is InChI=1S/C15H23NO3/c1-17-14-6-2-3-7-15(14)19-10-9-18-13-8-4-5-12(13)11-16/h2-3,6-7,12-13H,4-5,8-11,16H2,1H3. The van der Waals surface area contributed by atoms with Crippen molar-refractivity contribution in [2.24, 2.45) is 11.7 Å². The molecule has 2 rings (SSSR count). The minimum absolute atomic E-state index is 0.311. The van der Waals surface area contributed by atoms with Crippen molar-refractivity contribution in [1.82, 2.24) is 0 Å². The van der Waals surface area contributed by atoms with Crippen LogP contribution in [0.3, 0.4) is 0 Å². The first-order chi connectivity index (χ1) is 9.35. The van der Waals surface area contributed by atoms with Gasteiger partial charge in [0.1, 0.15) is 6.61 Å². The van der Waals surface area contributed by atoms with Gasteiger partial charge in [-0.1, -0.05) is 18.6 Å². The summed E-state index contributed by atoms with van der Waals surface area (Å²) < 4.78 is 16.8. The lowest BCUT2D eigenvalue weighted by Crippen LogP contribution is -2.26. The molecule has 0 aliphatic heterocycles. The van der Waals surface area contributed by atoms with Crippen LogP contribution in [0.2, 0.25) is 0 Å². The van der Waals surface area contributed by atoms with Crippen LogP contribution in [-0.4, -0.2) is 33.0 Å². The maximum atomic E-state index is 5.86. The van der Waals surface area contributed by atoms with Gasteiger partial charge in [0.05, 0.1) is 19.8 Å². The van der Waals surface area contributed by atoms with Crippen LogP contribution in [0.15, 0.2) is 24.3 Å². The molecule has 1 fully saturated rings. The van der Waals surface area contributed by atoms with E-state index in [1.54, 1.807) is 7.11 Å². The van der Waals surface area contributed by atoms with E-state index >= 15 is 0 Å². The summed E-state index contributed by atoms with van der Waals surface area (Å²) in [7, 11) is 1.64. The largest absolute Gasteiger partial charge is 0.493 e. The van der Waals surface area contributed by atoms with Crippen LogP contribution in [0, 0.1) is 5.92 Å². The predicted molar refractivity (Wildman–Crippen MR) is 74.6 cm³/mol. The Morgan fingerprint density at radius 3 is 2.68 bits per heavy atom. The molecule has 1 saturated carbocycles. The van der Waals surface area contributed by atoms with E-state index in [0.29, 0.717) is 25.2 Å². The average Bonchev–Trinajstić information content (AvgIpc) is 2.91. The van der Waals surface area contributed by atoms with E-state index in [2.05, 4.69) is 0 Å². The first-order valence-corrected chi connectivity index (χ1v) is 6.92. The molecule has 0 saturated heterocycles. The molecule has 1 aliphatic rings. The topological polar surface area (TPSA) is 53.7 Å². The lowest BCUT2D eigenvalue weighted by molar-refractivity contribution is 0.0138. The summed E-state index contributed by atoms with van der Waals surface area (Å²) >= 11 is 0. The van der Waals surface area contributed by atoms with Gasteiger partial charge in [0.2, 0.25) is 0 Å². The molecule has 1 aromatic carbocycles. The molecule has 0 bridgehead atoms. The van der Waals surface area contributed by atoms with E-state index in [9.17, 15) is 0 Å². The minimum Gasteiger partial charge on any atom is -0.493 e. The Morgan fingerprint density at radius 2 is 1.95 bits per heavy atom. The summed E-state index contributed by atoms with van der Waals surface area (Å²) in [5.74, 6) is 2.03. The molecule has 2 atom stereocenters. The number of methoxy groups -OCH3 is 1. The first-order valence-electron chi connectivity index (χ1n) is 6.92. The van der Waals surface area contributed by atoms with Gasteiger partial charge in [-0.15, -0.1) is 0 Å². The molecule has 1 aromatic rings. The molecule has 19 heavy (non-hydrogen) atoms. The summed E-state index contributed by atoms with van der Waals surface area (Å²) in [5, 5.41) is 0. The zero-order valence-corrected chi connectivity index (χ0v) is 11.5. The second-order valence-electron chi connectivity index (χ2n) is 4.84. The van der Waals surface area contributed by atoms with Gasteiger partial charge in [0.15, 0.2) is 11.5 Å². The molecule has 0 spiro atoms. The number of hydrogen-bond acceptors (Lipinski definition) is 4. The van der Waals surface area contributed by atoms with Crippen molar-refractivity contribution in [3.63, 3.8) is 0 Å². The molecule has 2 unspecified atom stereocenters. The monoisotopic (exact) mass is 265 g/mol. The van der Waals surface area contributed by atoms with E-state index in [1.807, 2.05) is 24.3 Å². The van der Waals surface area contributed by atoms with Crippen molar-refractivity contribution in [1.29, 1.82) is 0 Å². The number of ether oxygens (including phenoxy) is 3. The highest BCUT2D eigenvalue weighted by Gasteiger charge is 2.26. The lowest BCUT2D eigenvalue weighted by atomic mass is 10.1. The minimum atomic E-state index is 0.311. The Balaban J connectivity index is 1.72. The van der Waals surface area contributed by atoms with Gasteiger partial charge in [0, 0.05) is 0 Å². The van der Waals surface area contributed by atoms with Crippen LogP contribution in [-0.2, 0) is 4.74 Å². The lowest BCUT2D eigenvalue weighted by Gasteiger charge is -2.19. The Bertz CT molecular complexity index is 383. The number of para-hydroxylation sites is 2. The summed E-state index contributed by atoms with van der Waals surface area (Å²) in [6.07, 6.45) is 3.84. The molecule has 1 aliphatic carbocycles. The van der Waals surface area contributed by atoms with Crippen molar-refractivity contribution < 1.29 is 14.2 Å². The highest BCUT2D eigenvalue weighted by molar-refractivity contribution is 5.39. The van der Waals surface area contributed by atoms with Gasteiger partial charge in [-0.3, -0.25) is 0 Å². The molecule has 4 heteroatoms. The predicted octanol–water partition coefficient (Wildman–Crippen LogP) is 2.22. The van der Waals surface area contributed by atoms with Crippen molar-refractivity contribution in [3.8, 4) is 11.5 Å². The Kier molecular flexibility index (Phi) is 5.48. The fraction of sp³-hybridized carbons (Fsp3) is 0.600. The maximum absolute atomic E-state index is 5.86. The third-order valence-corrected chi connectivity index (χ3v) is 3.63. The van der Waals surface area contributed by atoms with Crippen molar-refractivity contribution >= 4 is 0 Å². The summed E-state index contributed by atoms with van der Waals surface area (Å²) in [4.78, 5) is 0. The summed E-state index contributed by atoms with van der Waals surface area (Å²) in [6, 6.07) is 7.64. The van der Waals surface area contributed by atoms with Crippen LogP contribution in [0.4, 0.5) is 0 Å². The van der Waals surface area contributed by atoms with Gasteiger partial charge in [-0.25, -0.2) is 0 Å². The van der Waals surface area contributed by atoms with E-state index < -0.39 is 0 Å². The Morgan fingerprint density at radius 1 is 1.16 bits per heavy atom. The van der Waals surface area contributed by atoms with Crippen LogP contribution >= 0.6 is 0 Å². The van der Waals surface area contributed by atoms with Crippen LogP contribution in [0.5, 0.6) is 11.5 Å². The third kappa shape index (κ3) is 3.85. The molecular formula is C15H23NO3. The smallest absolute Gasteiger partial charge is 0.161 e. The zero-order valence-electron chi connectivity index (χ0n) is 11.5. The molecule has 0 heterocycles. The van der Waals surface area contributed by atoms with E-state index in [1.165, 1.54) is 12.8 Å². The van der Waals surface area contributed by atoms with Crippen LogP contribution in [0.25, 0.3) is 0 Å². The SMILES string of the molecule is COc1ccccc1OCCOC1CCCC1CN. The van der Waals surface area contributed by atoms with Crippen molar-refractivity contribution in [2.75, 3.05) is 26.9 Å². The van der Waals surface area contributed by atoms with Gasteiger partial charge in [-0.05, 0) is 37.4 Å². The summed E-state index contributed by atoms with van der Waals surface area (Å²) in [5.41, 5.74) is 5.73. The Hall–Kier alpha value is -1.26. The second-order valence-corrected chi connectivity index (χ2v) is 4.84. The van der Waals surface area contributed by atoms with E-state index in [0.717, 1.165) is 24.5 Å². The highest BCUT2D eigenvalue weighted by atomic mass is 16.5. The van der Waals surface area contributed by atoms with Gasteiger partial charge >= 0.3 is 0 Å². The zero-order chi connectivity index (χ0) is 13.5. The fourth-order valence-corrected chi connectivity index (χ4v) is 2.58. The number of rotatable bonds is 7. The Labute approximate surface area is 114 Å². The van der Waals surface area contributed by atoms with Crippen molar-refractivity contribution in [3.05, 3.63) is 24.3 Å². The fourth-order valence-electron chi connectivity index (χ4n) is 2.58. The van der Waals surface area contributed by atoms with E-state index in [-0.39, 0.29) is 0 Å². The first kappa shape index (κ1) is 14.2. The molecule has 2 N–H and O–H groups in total. The highest BCUT2D eigenvalue weighted by Crippen LogP contribution is 2.28. The molecule has 0 aromatic heterocycles. The van der Waals surface area contributed by atoms with Gasteiger partial charge in [-0.2, -0.15) is 0 Å². The van der Waals surface area contributed by atoms with Crippen molar-refractivity contribution in [2.45, 2.75) is 25.4 Å². The van der Waals surface area contributed by atoms with E-state index in [4.69, 9.17) is 19.9 Å². The number of benzene rings is 1. The number of nitrogens with two attached hydrogens (primary N) is 1. The molecule has 4 nitrogen and oxygen atoms in total. The number of hydrogen-bond donors (Lipinski definition) is 1. The summed E-state index contributed by atoms with van der Waals surface area (Å²) in [6.45, 7) is 1.85. The molecular weight excluding hydrogens is 242 g/mol. The van der Waals surface area contributed by atoms with Crippen LogP contribution in [0.1, 0.15) is 19.3 Å². The van der Waals surface area contributed by atoms with Gasteiger partial charge in [0.25, 0.3) is 0 Å². The molecule has 0 radical (unpaired) electrons. The quantitative estimate of drug-likeness (QED) is 0.768. The average molecular weight is 265 g/mol. The molecule has 0 amide bonds. The van der Waals surface area contributed by atoms with Crippen LogP contribution < -0.4 is 15.2 Å². The maximum Gasteiger partial charge on any atom is 0.161 e. The normalized spacial score (nSPS) is 22.4. The second kappa shape index (κ2) is 7.36. The van der Waals surface area contributed by atoms with Gasteiger partial charge < -0.3 is 19.9 Å².